The fraction of sp³-hybridized carbons (Fsp3) is 0. The molecule has 104 valence electrons. The number of aromatic carboxylic acids is 1. The summed E-state index contributed by atoms with van der Waals surface area (Å²) in [5.74, 6) is -1.69. The van der Waals surface area contributed by atoms with Gasteiger partial charge in [0.05, 0.1) is 11.1 Å². The average molecular weight is 295 g/mol. The number of carbonyl (C=O) groups excluding carboxylic acids is 1. The normalized spacial score (nSPS) is 9.10. The van der Waals surface area contributed by atoms with Gasteiger partial charge >= 0.3 is 11.9 Å². The number of rotatable bonds is 2. The van der Waals surface area contributed by atoms with E-state index in [-0.39, 0.29) is 5.56 Å². The van der Waals surface area contributed by atoms with Crippen LogP contribution in [0.25, 0.3) is 0 Å². The fourth-order valence-electron chi connectivity index (χ4n) is 1.25. The quantitative estimate of drug-likeness (QED) is 0.655. The molecule has 2 N–H and O–H groups in total. The fourth-order valence-corrected chi connectivity index (χ4v) is 1.44. The van der Waals surface area contributed by atoms with Crippen LogP contribution < -0.4 is 0 Å². The lowest BCUT2D eigenvalue weighted by Crippen LogP contribution is -2.00. The lowest BCUT2D eigenvalue weighted by Gasteiger charge is -1.95. The third-order valence-electron chi connectivity index (χ3n) is 2.16. The van der Waals surface area contributed by atoms with Gasteiger partial charge in [0, 0.05) is 5.02 Å². The van der Waals surface area contributed by atoms with Crippen molar-refractivity contribution < 1.29 is 24.8 Å². The molecule has 0 aliphatic heterocycles. The van der Waals surface area contributed by atoms with Crippen molar-refractivity contribution in [2.75, 3.05) is 0 Å². The molecule has 0 heterocycles. The molecule has 0 bridgehead atoms. The van der Waals surface area contributed by atoms with Gasteiger partial charge in [-0.2, -0.15) is 5.26 Å². The highest BCUT2D eigenvalue weighted by Crippen LogP contribution is 2.10. The molecule has 0 aliphatic rings. The van der Waals surface area contributed by atoms with Gasteiger partial charge in [0.2, 0.25) is 0 Å². The zero-order valence-electron chi connectivity index (χ0n) is 10.2. The Bertz CT molecular complexity index is 583. The predicted octanol–water partition coefficient (Wildman–Crippen LogP) is 3.35. The molecule has 20 heavy (non-hydrogen) atoms. The molecule has 2 aromatic rings. The molecule has 0 saturated heterocycles. The van der Waals surface area contributed by atoms with E-state index in [2.05, 4.69) is 4.89 Å². The Morgan fingerprint density at radius 2 is 1.55 bits per heavy atom. The summed E-state index contributed by atoms with van der Waals surface area (Å²) in [4.78, 5) is 24.3. The lowest BCUT2D eigenvalue weighted by atomic mass is 10.2. The van der Waals surface area contributed by atoms with Crippen LogP contribution >= 0.6 is 11.6 Å². The van der Waals surface area contributed by atoms with Crippen molar-refractivity contribution in [3.63, 3.8) is 0 Å². The Morgan fingerprint density at radius 1 is 0.950 bits per heavy atom. The van der Waals surface area contributed by atoms with Crippen molar-refractivity contribution >= 4 is 23.5 Å². The summed E-state index contributed by atoms with van der Waals surface area (Å²) in [7, 11) is 0. The minimum atomic E-state index is -0.879. The summed E-state index contributed by atoms with van der Waals surface area (Å²) < 4.78 is 0. The summed E-state index contributed by atoms with van der Waals surface area (Å²) in [6, 6.07) is 14.4. The van der Waals surface area contributed by atoms with Crippen LogP contribution in [0.15, 0.2) is 54.6 Å². The van der Waals surface area contributed by atoms with E-state index in [0.717, 1.165) is 0 Å². The van der Waals surface area contributed by atoms with Crippen LogP contribution in [-0.4, -0.2) is 22.3 Å². The predicted molar refractivity (Wildman–Crippen MR) is 72.9 cm³/mol. The first-order valence-electron chi connectivity index (χ1n) is 5.44. The Kier molecular flexibility index (Phi) is 6.22. The highest BCUT2D eigenvalue weighted by molar-refractivity contribution is 6.30. The third-order valence-corrected chi connectivity index (χ3v) is 2.40. The minimum Gasteiger partial charge on any atom is -0.478 e. The molecule has 0 unspecified atom stereocenters. The molecule has 6 heteroatoms. The monoisotopic (exact) mass is 294 g/mol. The van der Waals surface area contributed by atoms with Gasteiger partial charge in [-0.25, -0.2) is 9.59 Å². The van der Waals surface area contributed by atoms with Gasteiger partial charge in [0.25, 0.3) is 0 Å². The SMILES string of the molecule is O=C(O)c1ccccc1.O=C(OO)c1cccc(Cl)c1. The van der Waals surface area contributed by atoms with E-state index < -0.39 is 11.9 Å². The van der Waals surface area contributed by atoms with Crippen LogP contribution in [0, 0.1) is 0 Å². The second-order valence-corrected chi connectivity index (χ2v) is 4.00. The average Bonchev–Trinajstić information content (AvgIpc) is 2.48. The highest BCUT2D eigenvalue weighted by atomic mass is 35.5. The van der Waals surface area contributed by atoms with E-state index in [1.807, 2.05) is 0 Å². The smallest absolute Gasteiger partial charge is 0.372 e. The third kappa shape index (κ3) is 5.09. The summed E-state index contributed by atoms with van der Waals surface area (Å²) in [6.07, 6.45) is 0. The van der Waals surface area contributed by atoms with Gasteiger partial charge < -0.3 is 5.11 Å². The molecule has 2 aromatic carbocycles. The molecular formula is C14H11ClO5. The van der Waals surface area contributed by atoms with Crippen molar-refractivity contribution in [1.29, 1.82) is 0 Å². The van der Waals surface area contributed by atoms with E-state index in [0.29, 0.717) is 10.6 Å². The second kappa shape index (κ2) is 7.93. The Balaban J connectivity index is 0.000000204. The van der Waals surface area contributed by atoms with Gasteiger partial charge in [-0.05, 0) is 30.3 Å². The number of carbonyl (C=O) groups is 2. The second-order valence-electron chi connectivity index (χ2n) is 3.56. The molecule has 0 aromatic heterocycles. The molecule has 0 spiro atoms. The zero-order chi connectivity index (χ0) is 15.0. The summed E-state index contributed by atoms with van der Waals surface area (Å²) in [5.41, 5.74) is 0.553. The van der Waals surface area contributed by atoms with Gasteiger partial charge in [0.1, 0.15) is 0 Å². The van der Waals surface area contributed by atoms with E-state index in [1.165, 1.54) is 12.1 Å². The molecule has 0 aliphatic carbocycles. The largest absolute Gasteiger partial charge is 0.478 e. The number of halogens is 1. The van der Waals surface area contributed by atoms with Crippen molar-refractivity contribution in [1.82, 2.24) is 0 Å². The summed E-state index contributed by atoms with van der Waals surface area (Å²) in [5, 5.41) is 16.8. The van der Waals surface area contributed by atoms with Crippen molar-refractivity contribution in [2.24, 2.45) is 0 Å². The van der Waals surface area contributed by atoms with Gasteiger partial charge in [-0.3, -0.25) is 4.89 Å². The first-order valence-corrected chi connectivity index (χ1v) is 5.82. The number of carboxylic acids is 1. The lowest BCUT2D eigenvalue weighted by molar-refractivity contribution is -0.182. The Labute approximate surface area is 119 Å². The molecule has 0 fully saturated rings. The first-order chi connectivity index (χ1) is 9.54. The van der Waals surface area contributed by atoms with Crippen LogP contribution in [0.4, 0.5) is 0 Å². The van der Waals surface area contributed by atoms with Crippen LogP contribution in [0.2, 0.25) is 5.02 Å². The molecule has 2 rings (SSSR count). The number of benzene rings is 2. The van der Waals surface area contributed by atoms with Crippen LogP contribution in [0.5, 0.6) is 0 Å². The van der Waals surface area contributed by atoms with Crippen molar-refractivity contribution in [2.45, 2.75) is 0 Å². The molecule has 0 radical (unpaired) electrons. The topological polar surface area (TPSA) is 83.8 Å². The number of hydrogen-bond acceptors (Lipinski definition) is 4. The Hall–Kier alpha value is -2.37. The maximum Gasteiger partial charge on any atom is 0.372 e. The van der Waals surface area contributed by atoms with Gasteiger partial charge in [0.15, 0.2) is 0 Å². The maximum absolute atomic E-state index is 10.6. The van der Waals surface area contributed by atoms with E-state index in [4.69, 9.17) is 22.0 Å². The van der Waals surface area contributed by atoms with E-state index >= 15 is 0 Å². The summed E-state index contributed by atoms with van der Waals surface area (Å²) in [6.45, 7) is 0. The van der Waals surface area contributed by atoms with Gasteiger partial charge in [-0.1, -0.05) is 35.9 Å². The van der Waals surface area contributed by atoms with Crippen LogP contribution in [0.1, 0.15) is 20.7 Å². The number of carboxylic acid groups (broad SMARTS) is 1. The standard InChI is InChI=1S/C7H5ClO3.C7H6O2/c8-6-3-1-2-5(4-6)7(9)11-10;8-7(9)6-4-2-1-3-5-6/h1-4,10H;1-5H,(H,8,9). The maximum atomic E-state index is 10.6. The molecular weight excluding hydrogens is 284 g/mol. The van der Waals surface area contributed by atoms with Gasteiger partial charge in [-0.15, -0.1) is 0 Å². The molecule has 0 amide bonds. The number of hydrogen-bond donors (Lipinski definition) is 2. The zero-order valence-corrected chi connectivity index (χ0v) is 10.9. The van der Waals surface area contributed by atoms with Crippen LogP contribution in [-0.2, 0) is 4.89 Å². The van der Waals surface area contributed by atoms with E-state index in [9.17, 15) is 9.59 Å². The summed E-state index contributed by atoms with van der Waals surface area (Å²) >= 11 is 5.56. The minimum absolute atomic E-state index is 0.222. The van der Waals surface area contributed by atoms with Crippen LogP contribution in [0.3, 0.4) is 0 Å². The molecule has 0 atom stereocenters. The van der Waals surface area contributed by atoms with E-state index in [1.54, 1.807) is 42.5 Å². The van der Waals surface area contributed by atoms with Crippen molar-refractivity contribution in [3.05, 3.63) is 70.7 Å². The Morgan fingerprint density at radius 3 is 2.00 bits per heavy atom. The highest BCUT2D eigenvalue weighted by Gasteiger charge is 2.05. The first kappa shape index (κ1) is 15.7. The molecule has 0 saturated carbocycles. The van der Waals surface area contributed by atoms with Crippen molar-refractivity contribution in [3.8, 4) is 0 Å². The molecule has 5 nitrogen and oxygen atoms in total.